The van der Waals surface area contributed by atoms with E-state index in [1.54, 1.807) is 6.92 Å². The van der Waals surface area contributed by atoms with Gasteiger partial charge in [-0.1, -0.05) is 0 Å². The van der Waals surface area contributed by atoms with E-state index in [0.717, 1.165) is 11.3 Å². The van der Waals surface area contributed by atoms with E-state index in [0.29, 0.717) is 6.42 Å². The molecule has 0 heterocycles. The van der Waals surface area contributed by atoms with Crippen LogP contribution >= 0.6 is 0 Å². The van der Waals surface area contributed by atoms with Crippen LogP contribution in [-0.4, -0.2) is 11.8 Å². The number of rotatable bonds is 4. The number of carbonyl (C=O) groups is 1. The second-order valence-electron chi connectivity index (χ2n) is 3.59. The highest BCUT2D eigenvalue weighted by atomic mass is 16.1. The van der Waals surface area contributed by atoms with E-state index >= 15 is 0 Å². The summed E-state index contributed by atoms with van der Waals surface area (Å²) in [6, 6.07) is 7.66. The first kappa shape index (κ1) is 11.3. The molecule has 2 heteroatoms. The molecular formula is C13H15NO. The Morgan fingerprint density at radius 3 is 2.53 bits per heavy atom. The van der Waals surface area contributed by atoms with Crippen molar-refractivity contribution in [3.63, 3.8) is 0 Å². The molecule has 0 radical (unpaired) electrons. The summed E-state index contributed by atoms with van der Waals surface area (Å²) < 4.78 is 0. The van der Waals surface area contributed by atoms with E-state index in [9.17, 15) is 4.79 Å². The van der Waals surface area contributed by atoms with Gasteiger partial charge in [0, 0.05) is 23.7 Å². The van der Waals surface area contributed by atoms with Gasteiger partial charge in [-0.25, -0.2) is 0 Å². The summed E-state index contributed by atoms with van der Waals surface area (Å²) in [4.78, 5) is 11.0. The topological polar surface area (TPSA) is 29.1 Å². The SMILES string of the molecule is C#CCC(C)Nc1ccc(C(C)=O)cc1. The molecule has 2 nitrogen and oxygen atoms in total. The molecule has 1 N–H and O–H groups in total. The second-order valence-corrected chi connectivity index (χ2v) is 3.59. The Balaban J connectivity index is 2.65. The number of terminal acetylenes is 1. The molecule has 0 amide bonds. The third kappa shape index (κ3) is 3.47. The van der Waals surface area contributed by atoms with Crippen molar-refractivity contribution in [2.45, 2.75) is 26.3 Å². The van der Waals surface area contributed by atoms with E-state index < -0.39 is 0 Å². The van der Waals surface area contributed by atoms with Gasteiger partial charge in [0.2, 0.25) is 0 Å². The van der Waals surface area contributed by atoms with Crippen LogP contribution in [0.1, 0.15) is 30.6 Å². The number of hydrogen-bond acceptors (Lipinski definition) is 2. The minimum absolute atomic E-state index is 0.0817. The number of benzene rings is 1. The Hall–Kier alpha value is -1.75. The number of ketones is 1. The Morgan fingerprint density at radius 1 is 1.47 bits per heavy atom. The average Bonchev–Trinajstić information content (AvgIpc) is 2.18. The largest absolute Gasteiger partial charge is 0.382 e. The number of hydrogen-bond donors (Lipinski definition) is 1. The lowest BCUT2D eigenvalue weighted by Crippen LogP contribution is -2.13. The molecule has 0 bridgehead atoms. The van der Waals surface area contributed by atoms with Crippen molar-refractivity contribution in [3.8, 4) is 12.3 Å². The first-order chi connectivity index (χ1) is 7.13. The van der Waals surface area contributed by atoms with Crippen molar-refractivity contribution >= 4 is 11.5 Å². The van der Waals surface area contributed by atoms with Gasteiger partial charge < -0.3 is 5.32 Å². The van der Waals surface area contributed by atoms with Crippen molar-refractivity contribution in [2.75, 3.05) is 5.32 Å². The molecule has 0 aliphatic heterocycles. The molecule has 1 atom stereocenters. The molecule has 1 rings (SSSR count). The minimum atomic E-state index is 0.0817. The van der Waals surface area contributed by atoms with E-state index in [4.69, 9.17) is 6.42 Å². The predicted molar refractivity (Wildman–Crippen MR) is 63.0 cm³/mol. The smallest absolute Gasteiger partial charge is 0.159 e. The summed E-state index contributed by atoms with van der Waals surface area (Å²) in [6.07, 6.45) is 5.90. The van der Waals surface area contributed by atoms with Gasteiger partial charge in [0.1, 0.15) is 0 Å². The quantitative estimate of drug-likeness (QED) is 0.599. The van der Waals surface area contributed by atoms with Crippen LogP contribution in [0.15, 0.2) is 24.3 Å². The molecule has 0 fully saturated rings. The van der Waals surface area contributed by atoms with E-state index in [1.165, 1.54) is 0 Å². The summed E-state index contributed by atoms with van der Waals surface area (Å²) in [5.74, 6) is 2.68. The van der Waals surface area contributed by atoms with Crippen LogP contribution in [0.5, 0.6) is 0 Å². The molecule has 78 valence electrons. The average molecular weight is 201 g/mol. The van der Waals surface area contributed by atoms with E-state index in [1.807, 2.05) is 31.2 Å². The number of nitrogens with one attached hydrogen (secondary N) is 1. The molecule has 0 saturated heterocycles. The van der Waals surface area contributed by atoms with Crippen LogP contribution in [-0.2, 0) is 0 Å². The van der Waals surface area contributed by atoms with Gasteiger partial charge in [0.05, 0.1) is 0 Å². The van der Waals surface area contributed by atoms with Crippen molar-refractivity contribution in [1.82, 2.24) is 0 Å². The Kier molecular flexibility index (Phi) is 3.93. The van der Waals surface area contributed by atoms with Crippen molar-refractivity contribution in [2.24, 2.45) is 0 Å². The molecule has 0 aliphatic rings. The highest BCUT2D eigenvalue weighted by Gasteiger charge is 2.01. The van der Waals surface area contributed by atoms with Crippen LogP contribution in [0.4, 0.5) is 5.69 Å². The Labute approximate surface area is 90.7 Å². The summed E-state index contributed by atoms with van der Waals surface area (Å²) in [5.41, 5.74) is 1.72. The van der Waals surface area contributed by atoms with Crippen molar-refractivity contribution in [3.05, 3.63) is 29.8 Å². The molecular weight excluding hydrogens is 186 g/mol. The summed E-state index contributed by atoms with van der Waals surface area (Å²) in [6.45, 7) is 3.59. The standard InChI is InChI=1S/C13H15NO/c1-4-5-10(2)14-13-8-6-12(7-9-13)11(3)15/h1,6-10,14H,5H2,2-3H3. The summed E-state index contributed by atoms with van der Waals surface area (Å²) in [5, 5.41) is 3.26. The normalized spacial score (nSPS) is 11.5. The van der Waals surface area contributed by atoms with Crippen LogP contribution in [0.25, 0.3) is 0 Å². The fourth-order valence-corrected chi connectivity index (χ4v) is 1.31. The zero-order valence-electron chi connectivity index (χ0n) is 9.08. The second kappa shape index (κ2) is 5.21. The monoisotopic (exact) mass is 201 g/mol. The number of carbonyl (C=O) groups excluding carboxylic acids is 1. The van der Waals surface area contributed by atoms with E-state index in [-0.39, 0.29) is 11.8 Å². The van der Waals surface area contributed by atoms with Crippen molar-refractivity contribution < 1.29 is 4.79 Å². The summed E-state index contributed by atoms with van der Waals surface area (Å²) in [7, 11) is 0. The van der Waals surface area contributed by atoms with Crippen LogP contribution in [0, 0.1) is 12.3 Å². The van der Waals surface area contributed by atoms with Gasteiger partial charge in [-0.15, -0.1) is 12.3 Å². The fourth-order valence-electron chi connectivity index (χ4n) is 1.31. The lowest BCUT2D eigenvalue weighted by molar-refractivity contribution is 0.101. The third-order valence-corrected chi connectivity index (χ3v) is 2.13. The van der Waals surface area contributed by atoms with Gasteiger partial charge in [-0.3, -0.25) is 4.79 Å². The van der Waals surface area contributed by atoms with Gasteiger partial charge in [0.15, 0.2) is 5.78 Å². The van der Waals surface area contributed by atoms with Crippen LogP contribution in [0.2, 0.25) is 0 Å². The maximum absolute atomic E-state index is 11.0. The maximum Gasteiger partial charge on any atom is 0.159 e. The Bertz CT molecular complexity index is 373. The summed E-state index contributed by atoms with van der Waals surface area (Å²) >= 11 is 0. The molecule has 0 aliphatic carbocycles. The van der Waals surface area contributed by atoms with Crippen LogP contribution < -0.4 is 5.32 Å². The molecule has 1 unspecified atom stereocenters. The van der Waals surface area contributed by atoms with Gasteiger partial charge in [0.25, 0.3) is 0 Å². The van der Waals surface area contributed by atoms with E-state index in [2.05, 4.69) is 11.2 Å². The highest BCUT2D eigenvalue weighted by Crippen LogP contribution is 2.11. The first-order valence-corrected chi connectivity index (χ1v) is 4.94. The lowest BCUT2D eigenvalue weighted by Gasteiger charge is -2.12. The molecule has 1 aromatic rings. The predicted octanol–water partition coefficient (Wildman–Crippen LogP) is 2.71. The fraction of sp³-hybridized carbons (Fsp3) is 0.308. The molecule has 1 aromatic carbocycles. The molecule has 0 saturated carbocycles. The first-order valence-electron chi connectivity index (χ1n) is 4.94. The molecule has 0 spiro atoms. The maximum atomic E-state index is 11.0. The lowest BCUT2D eigenvalue weighted by atomic mass is 10.1. The minimum Gasteiger partial charge on any atom is -0.382 e. The number of anilines is 1. The van der Waals surface area contributed by atoms with Gasteiger partial charge >= 0.3 is 0 Å². The highest BCUT2D eigenvalue weighted by molar-refractivity contribution is 5.94. The van der Waals surface area contributed by atoms with Gasteiger partial charge in [-0.05, 0) is 38.1 Å². The zero-order chi connectivity index (χ0) is 11.3. The third-order valence-electron chi connectivity index (χ3n) is 2.13. The van der Waals surface area contributed by atoms with Crippen LogP contribution in [0.3, 0.4) is 0 Å². The van der Waals surface area contributed by atoms with Gasteiger partial charge in [-0.2, -0.15) is 0 Å². The molecule has 15 heavy (non-hydrogen) atoms. The molecule has 0 aromatic heterocycles. The number of Topliss-reactive ketones (excluding diaryl/α,β-unsaturated/α-hetero) is 1. The Morgan fingerprint density at radius 2 is 2.07 bits per heavy atom. The van der Waals surface area contributed by atoms with Crippen molar-refractivity contribution in [1.29, 1.82) is 0 Å². The zero-order valence-corrected chi connectivity index (χ0v) is 9.08.